The number of benzene rings is 2. The minimum absolute atomic E-state index is 0.00756. The van der Waals surface area contributed by atoms with E-state index in [9.17, 15) is 14.7 Å². The normalized spacial score (nSPS) is 16.1. The van der Waals surface area contributed by atoms with E-state index in [-0.39, 0.29) is 16.7 Å². The summed E-state index contributed by atoms with van der Waals surface area (Å²) in [6.07, 6.45) is 0.433. The van der Waals surface area contributed by atoms with Crippen molar-refractivity contribution in [2.75, 3.05) is 0 Å². The minimum atomic E-state index is -0.579. The van der Waals surface area contributed by atoms with Crippen molar-refractivity contribution in [2.45, 2.75) is 16.6 Å². The first-order valence-electron chi connectivity index (χ1n) is 8.95. The van der Waals surface area contributed by atoms with Crippen LogP contribution in [0.4, 0.5) is 5.69 Å². The summed E-state index contributed by atoms with van der Waals surface area (Å²) in [5, 5.41) is 10.6. The average Bonchev–Trinajstić information content (AvgIpc) is 2.91. The molecule has 1 aliphatic rings. The molecular formula is C21H18BrN3O3S. The lowest BCUT2D eigenvalue weighted by molar-refractivity contribution is 0.410. The molecule has 1 atom stereocenters. The van der Waals surface area contributed by atoms with Crippen LogP contribution in [0.15, 0.2) is 72.5 Å². The van der Waals surface area contributed by atoms with Crippen molar-refractivity contribution in [3.05, 3.63) is 85.0 Å². The third-order valence-corrected chi connectivity index (χ3v) is 6.78. The summed E-state index contributed by atoms with van der Waals surface area (Å²) in [6, 6.07) is 15.7. The molecule has 0 spiro atoms. The van der Waals surface area contributed by atoms with E-state index in [4.69, 9.17) is 4.99 Å². The topological polar surface area (TPSA) is 76.6 Å². The molecule has 0 bridgehead atoms. The lowest BCUT2D eigenvalue weighted by Gasteiger charge is -2.17. The van der Waals surface area contributed by atoms with Gasteiger partial charge in [0.2, 0.25) is 5.88 Å². The molecule has 0 amide bonds. The summed E-state index contributed by atoms with van der Waals surface area (Å²) < 4.78 is 3.05. The van der Waals surface area contributed by atoms with E-state index >= 15 is 0 Å². The Hall–Kier alpha value is -2.58. The molecular weight excluding hydrogens is 454 g/mol. The van der Waals surface area contributed by atoms with E-state index in [1.54, 1.807) is 11.8 Å². The molecule has 3 aromatic rings. The summed E-state index contributed by atoms with van der Waals surface area (Å²) in [4.78, 5) is 30.7. The number of rotatable bonds is 2. The van der Waals surface area contributed by atoms with Gasteiger partial charge in [-0.1, -0.05) is 40.2 Å². The molecule has 8 heteroatoms. The van der Waals surface area contributed by atoms with E-state index in [2.05, 4.69) is 15.9 Å². The molecule has 0 aliphatic carbocycles. The van der Waals surface area contributed by atoms with Crippen LogP contribution in [-0.4, -0.2) is 20.0 Å². The van der Waals surface area contributed by atoms with Gasteiger partial charge in [0, 0.05) is 35.1 Å². The van der Waals surface area contributed by atoms with Gasteiger partial charge in [-0.05, 0) is 29.8 Å². The average molecular weight is 472 g/mol. The molecule has 6 nitrogen and oxygen atoms in total. The zero-order valence-corrected chi connectivity index (χ0v) is 18.2. The molecule has 1 aliphatic heterocycles. The fraction of sp³-hybridized carbons (Fsp3) is 0.190. The van der Waals surface area contributed by atoms with Gasteiger partial charge in [-0.25, -0.2) is 4.79 Å². The standard InChI is InChI=1S/C21H18BrN3O3S/c1-24-19(26)18(20(27)25(2)21(24)28)15-11-17(12-7-9-13(22)10-8-12)29-16-6-4-3-5-14(16)23-15/h3-10,17,26H,11H2,1-2H3. The third-order valence-electron chi connectivity index (χ3n) is 4.93. The van der Waals surface area contributed by atoms with Crippen molar-refractivity contribution in [3.63, 3.8) is 0 Å². The second-order valence-electron chi connectivity index (χ2n) is 6.79. The summed E-state index contributed by atoms with van der Waals surface area (Å²) in [6.45, 7) is 0. The maximum absolute atomic E-state index is 12.9. The third kappa shape index (κ3) is 3.58. The van der Waals surface area contributed by atoms with Crippen LogP contribution >= 0.6 is 27.7 Å². The van der Waals surface area contributed by atoms with Crippen LogP contribution in [0.2, 0.25) is 0 Å². The highest BCUT2D eigenvalue weighted by molar-refractivity contribution is 9.10. The Morgan fingerprint density at radius 2 is 1.76 bits per heavy atom. The molecule has 1 unspecified atom stereocenters. The Balaban J connectivity index is 1.93. The number of halogens is 1. The van der Waals surface area contributed by atoms with Gasteiger partial charge in [0.25, 0.3) is 5.56 Å². The van der Waals surface area contributed by atoms with Crippen molar-refractivity contribution >= 4 is 39.1 Å². The van der Waals surface area contributed by atoms with Crippen LogP contribution in [0.3, 0.4) is 0 Å². The Kier molecular flexibility index (Phi) is 5.23. The van der Waals surface area contributed by atoms with Gasteiger partial charge in [0.05, 0.1) is 11.4 Å². The molecule has 0 radical (unpaired) electrons. The van der Waals surface area contributed by atoms with Crippen molar-refractivity contribution < 1.29 is 5.11 Å². The first kappa shape index (κ1) is 19.7. The molecule has 4 rings (SSSR count). The van der Waals surface area contributed by atoms with Gasteiger partial charge < -0.3 is 5.11 Å². The molecule has 29 heavy (non-hydrogen) atoms. The highest BCUT2D eigenvalue weighted by Gasteiger charge is 2.27. The Morgan fingerprint density at radius 1 is 1.07 bits per heavy atom. The Bertz CT molecular complexity index is 1250. The highest BCUT2D eigenvalue weighted by Crippen LogP contribution is 2.45. The summed E-state index contributed by atoms with van der Waals surface area (Å²) in [5.74, 6) is -0.365. The number of hydrogen-bond acceptors (Lipinski definition) is 5. The number of para-hydroxylation sites is 1. The van der Waals surface area contributed by atoms with Gasteiger partial charge in [0.1, 0.15) is 5.56 Å². The van der Waals surface area contributed by atoms with Crippen molar-refractivity contribution in [1.29, 1.82) is 0 Å². The molecule has 0 saturated heterocycles. The number of aromatic hydroxyl groups is 1. The number of fused-ring (bicyclic) bond motifs is 1. The molecule has 1 aromatic heterocycles. The summed E-state index contributed by atoms with van der Waals surface area (Å²) in [7, 11) is 2.84. The van der Waals surface area contributed by atoms with Gasteiger partial charge in [-0.2, -0.15) is 0 Å². The molecule has 1 N–H and O–H groups in total. The van der Waals surface area contributed by atoms with Crippen molar-refractivity contribution in [3.8, 4) is 5.88 Å². The van der Waals surface area contributed by atoms with Gasteiger partial charge in [0.15, 0.2) is 0 Å². The number of aromatic nitrogens is 2. The number of nitrogens with zero attached hydrogens (tertiary/aromatic N) is 3. The molecule has 2 aromatic carbocycles. The lowest BCUT2D eigenvalue weighted by Crippen LogP contribution is -2.40. The smallest absolute Gasteiger partial charge is 0.333 e. The second kappa shape index (κ2) is 7.68. The SMILES string of the molecule is Cn1c(O)c(C2=Nc3ccccc3SC(c3ccc(Br)cc3)C2)c(=O)n(C)c1=O. The van der Waals surface area contributed by atoms with Crippen LogP contribution in [0, 0.1) is 0 Å². The fourth-order valence-electron chi connectivity index (χ4n) is 3.32. The zero-order valence-electron chi connectivity index (χ0n) is 15.8. The highest BCUT2D eigenvalue weighted by atomic mass is 79.9. The van der Waals surface area contributed by atoms with E-state index < -0.39 is 11.2 Å². The number of aliphatic imine (C=N–C) groups is 1. The van der Waals surface area contributed by atoms with Crippen LogP contribution in [0.5, 0.6) is 5.88 Å². The Labute approximate surface area is 179 Å². The molecule has 0 fully saturated rings. The molecule has 2 heterocycles. The van der Waals surface area contributed by atoms with Crippen molar-refractivity contribution in [2.24, 2.45) is 19.1 Å². The fourth-order valence-corrected chi connectivity index (χ4v) is 4.81. The van der Waals surface area contributed by atoms with Gasteiger partial charge in [-0.15, -0.1) is 11.8 Å². The van der Waals surface area contributed by atoms with Gasteiger partial charge in [-0.3, -0.25) is 18.9 Å². The van der Waals surface area contributed by atoms with Crippen molar-refractivity contribution in [1.82, 2.24) is 9.13 Å². The zero-order chi connectivity index (χ0) is 20.7. The van der Waals surface area contributed by atoms with Crippen LogP contribution in [-0.2, 0) is 14.1 Å². The maximum atomic E-state index is 12.9. The van der Waals surface area contributed by atoms with Crippen LogP contribution in [0.25, 0.3) is 0 Å². The van der Waals surface area contributed by atoms with E-state index in [0.29, 0.717) is 12.1 Å². The van der Waals surface area contributed by atoms with E-state index in [0.717, 1.165) is 29.8 Å². The van der Waals surface area contributed by atoms with Crippen LogP contribution in [0.1, 0.15) is 22.8 Å². The van der Waals surface area contributed by atoms with Gasteiger partial charge >= 0.3 is 5.69 Å². The Morgan fingerprint density at radius 3 is 2.48 bits per heavy atom. The summed E-state index contributed by atoms with van der Waals surface area (Å²) >= 11 is 5.13. The lowest BCUT2D eigenvalue weighted by atomic mass is 10.0. The van der Waals surface area contributed by atoms with Crippen LogP contribution < -0.4 is 11.2 Å². The van der Waals surface area contributed by atoms with E-state index in [1.807, 2.05) is 48.5 Å². The first-order valence-corrected chi connectivity index (χ1v) is 10.6. The molecule has 148 valence electrons. The summed E-state index contributed by atoms with van der Waals surface area (Å²) in [5.41, 5.74) is 1.22. The monoisotopic (exact) mass is 471 g/mol. The number of hydrogen-bond donors (Lipinski definition) is 1. The maximum Gasteiger partial charge on any atom is 0.333 e. The van der Waals surface area contributed by atoms with E-state index in [1.165, 1.54) is 14.1 Å². The predicted molar refractivity (Wildman–Crippen MR) is 119 cm³/mol. The minimum Gasteiger partial charge on any atom is -0.494 e. The quantitative estimate of drug-likeness (QED) is 0.614. The predicted octanol–water partition coefficient (Wildman–Crippen LogP) is 3.91. The second-order valence-corrected chi connectivity index (χ2v) is 8.95. The first-order chi connectivity index (χ1) is 13.9. The number of thioether (sulfide) groups is 1. The molecule has 0 saturated carbocycles. The largest absolute Gasteiger partial charge is 0.494 e.